The summed E-state index contributed by atoms with van der Waals surface area (Å²) in [6, 6.07) is 1.32. The van der Waals surface area contributed by atoms with Crippen LogP contribution in [0.3, 0.4) is 0 Å². The summed E-state index contributed by atoms with van der Waals surface area (Å²) in [7, 11) is 0. The van der Waals surface area contributed by atoms with Gasteiger partial charge in [-0.3, -0.25) is 0 Å². The normalized spacial score (nSPS) is 34.3. The van der Waals surface area contributed by atoms with E-state index in [1.807, 2.05) is 0 Å². The lowest BCUT2D eigenvalue weighted by Crippen LogP contribution is -2.62. The van der Waals surface area contributed by atoms with Gasteiger partial charge in [0.2, 0.25) is 0 Å². The van der Waals surface area contributed by atoms with Gasteiger partial charge in [-0.1, -0.05) is 26.0 Å². The highest BCUT2D eigenvalue weighted by Gasteiger charge is 2.49. The maximum Gasteiger partial charge on any atom is 0.0655 e. The van der Waals surface area contributed by atoms with Crippen LogP contribution in [0, 0.1) is 5.41 Å². The van der Waals surface area contributed by atoms with E-state index < -0.39 is 0 Å². The Morgan fingerprint density at radius 2 is 2.00 bits per heavy atom. The molecule has 2 rings (SSSR count). The Hall–Kier alpha value is -0.340. The first-order chi connectivity index (χ1) is 7.14. The molecule has 0 bridgehead atoms. The van der Waals surface area contributed by atoms with E-state index in [4.69, 9.17) is 4.74 Å². The zero-order valence-electron chi connectivity index (χ0n) is 10.1. The van der Waals surface area contributed by atoms with Gasteiger partial charge < -0.3 is 10.1 Å². The molecule has 2 aliphatic carbocycles. The van der Waals surface area contributed by atoms with Crippen molar-refractivity contribution in [2.75, 3.05) is 6.61 Å². The lowest BCUT2D eigenvalue weighted by Gasteiger charge is -2.52. The molecule has 1 fully saturated rings. The topological polar surface area (TPSA) is 21.3 Å². The van der Waals surface area contributed by atoms with Gasteiger partial charge in [0.1, 0.15) is 0 Å². The molecule has 15 heavy (non-hydrogen) atoms. The number of rotatable bonds is 4. The Kier molecular flexibility index (Phi) is 3.17. The van der Waals surface area contributed by atoms with Gasteiger partial charge in [-0.15, -0.1) is 0 Å². The maximum absolute atomic E-state index is 5.73. The third kappa shape index (κ3) is 2.11. The van der Waals surface area contributed by atoms with Crippen LogP contribution in [0.25, 0.3) is 0 Å². The van der Waals surface area contributed by atoms with Gasteiger partial charge in [-0.2, -0.15) is 0 Å². The molecular formula is C13H23NO. The van der Waals surface area contributed by atoms with E-state index in [0.29, 0.717) is 23.6 Å². The monoisotopic (exact) mass is 209 g/mol. The number of ether oxygens (including phenoxy) is 1. The smallest absolute Gasteiger partial charge is 0.0655 e. The standard InChI is InChI=1S/C13H23NO/c1-4-15-12-9-11(13(12,2)3)14-10-7-5-6-8-10/h5-6,10-12,14H,4,7-9H2,1-3H3. The number of hydrogen-bond donors (Lipinski definition) is 1. The SMILES string of the molecule is CCOC1CC(NC2CC=CC2)C1(C)C. The van der Waals surface area contributed by atoms with Gasteiger partial charge >= 0.3 is 0 Å². The quantitative estimate of drug-likeness (QED) is 0.718. The minimum atomic E-state index is 0.304. The van der Waals surface area contributed by atoms with Crippen molar-refractivity contribution in [3.05, 3.63) is 12.2 Å². The highest BCUT2D eigenvalue weighted by Crippen LogP contribution is 2.43. The van der Waals surface area contributed by atoms with Gasteiger partial charge in [0.05, 0.1) is 6.10 Å². The zero-order valence-corrected chi connectivity index (χ0v) is 10.1. The second-order valence-electron chi connectivity index (χ2n) is 5.36. The predicted molar refractivity (Wildman–Crippen MR) is 62.9 cm³/mol. The first-order valence-corrected chi connectivity index (χ1v) is 6.17. The molecule has 1 N–H and O–H groups in total. The molecule has 1 saturated carbocycles. The van der Waals surface area contributed by atoms with Crippen LogP contribution in [0.1, 0.15) is 40.0 Å². The predicted octanol–water partition coefficient (Wildman–Crippen LogP) is 2.50. The van der Waals surface area contributed by atoms with E-state index in [9.17, 15) is 0 Å². The van der Waals surface area contributed by atoms with E-state index >= 15 is 0 Å². The summed E-state index contributed by atoms with van der Waals surface area (Å²) in [6.45, 7) is 7.55. The number of hydrogen-bond acceptors (Lipinski definition) is 2. The van der Waals surface area contributed by atoms with Crippen molar-refractivity contribution in [2.45, 2.75) is 58.2 Å². The Balaban J connectivity index is 1.80. The van der Waals surface area contributed by atoms with Crippen molar-refractivity contribution in [1.29, 1.82) is 0 Å². The van der Waals surface area contributed by atoms with Crippen LogP contribution in [-0.4, -0.2) is 24.8 Å². The molecule has 0 saturated heterocycles. The van der Waals surface area contributed by atoms with Crippen molar-refractivity contribution < 1.29 is 4.74 Å². The molecule has 0 radical (unpaired) electrons. The van der Waals surface area contributed by atoms with E-state index in [0.717, 1.165) is 6.61 Å². The van der Waals surface area contributed by atoms with E-state index in [2.05, 4.69) is 38.2 Å². The summed E-state index contributed by atoms with van der Waals surface area (Å²) >= 11 is 0. The van der Waals surface area contributed by atoms with Crippen LogP contribution in [-0.2, 0) is 4.74 Å². The van der Waals surface area contributed by atoms with Crippen LogP contribution in [0.4, 0.5) is 0 Å². The molecule has 2 nitrogen and oxygen atoms in total. The summed E-state index contributed by atoms with van der Waals surface area (Å²) in [5.74, 6) is 0. The molecule has 2 heteroatoms. The van der Waals surface area contributed by atoms with Gasteiger partial charge in [0.15, 0.2) is 0 Å². The van der Waals surface area contributed by atoms with Gasteiger partial charge in [0.25, 0.3) is 0 Å². The molecular weight excluding hydrogens is 186 g/mol. The first-order valence-electron chi connectivity index (χ1n) is 6.17. The lowest BCUT2D eigenvalue weighted by molar-refractivity contribution is -0.116. The maximum atomic E-state index is 5.73. The highest BCUT2D eigenvalue weighted by molar-refractivity contribution is 5.06. The molecule has 0 aromatic heterocycles. The average molecular weight is 209 g/mol. The molecule has 2 atom stereocenters. The summed E-state index contributed by atoms with van der Waals surface area (Å²) in [5, 5.41) is 3.75. The van der Waals surface area contributed by atoms with Crippen molar-refractivity contribution in [3.63, 3.8) is 0 Å². The van der Waals surface area contributed by atoms with Crippen molar-refractivity contribution in [1.82, 2.24) is 5.32 Å². The molecule has 0 spiro atoms. The molecule has 86 valence electrons. The Bertz CT molecular complexity index is 239. The van der Waals surface area contributed by atoms with Crippen LogP contribution in [0.2, 0.25) is 0 Å². The fourth-order valence-corrected chi connectivity index (χ4v) is 2.69. The Morgan fingerprint density at radius 3 is 2.53 bits per heavy atom. The molecule has 0 aromatic rings. The van der Waals surface area contributed by atoms with Crippen molar-refractivity contribution in [3.8, 4) is 0 Å². The minimum absolute atomic E-state index is 0.304. The van der Waals surface area contributed by atoms with Gasteiger partial charge in [-0.25, -0.2) is 0 Å². The summed E-state index contributed by atoms with van der Waals surface area (Å²) in [6.07, 6.45) is 8.59. The third-order valence-corrected chi connectivity index (χ3v) is 3.99. The zero-order chi connectivity index (χ0) is 10.9. The van der Waals surface area contributed by atoms with Crippen LogP contribution in [0.15, 0.2) is 12.2 Å². The molecule has 2 unspecified atom stereocenters. The second kappa shape index (κ2) is 4.26. The molecule has 0 aromatic carbocycles. The molecule has 0 amide bonds. The van der Waals surface area contributed by atoms with E-state index in [-0.39, 0.29) is 0 Å². The summed E-state index contributed by atoms with van der Waals surface area (Å²) in [5.41, 5.74) is 0.304. The third-order valence-electron chi connectivity index (χ3n) is 3.99. The van der Waals surface area contributed by atoms with E-state index in [1.54, 1.807) is 0 Å². The summed E-state index contributed by atoms with van der Waals surface area (Å²) in [4.78, 5) is 0. The van der Waals surface area contributed by atoms with Crippen LogP contribution < -0.4 is 5.32 Å². The second-order valence-corrected chi connectivity index (χ2v) is 5.36. The summed E-state index contributed by atoms with van der Waals surface area (Å²) < 4.78 is 5.73. The Morgan fingerprint density at radius 1 is 1.33 bits per heavy atom. The molecule has 0 heterocycles. The lowest BCUT2D eigenvalue weighted by atomic mass is 9.64. The molecule has 0 aliphatic heterocycles. The van der Waals surface area contributed by atoms with Gasteiger partial charge in [0, 0.05) is 24.1 Å². The fourth-order valence-electron chi connectivity index (χ4n) is 2.69. The first kappa shape index (κ1) is 11.2. The van der Waals surface area contributed by atoms with Crippen LogP contribution >= 0.6 is 0 Å². The van der Waals surface area contributed by atoms with Gasteiger partial charge in [-0.05, 0) is 26.2 Å². The molecule has 2 aliphatic rings. The van der Waals surface area contributed by atoms with Crippen molar-refractivity contribution >= 4 is 0 Å². The number of nitrogens with one attached hydrogen (secondary N) is 1. The van der Waals surface area contributed by atoms with Crippen LogP contribution in [0.5, 0.6) is 0 Å². The highest BCUT2D eigenvalue weighted by atomic mass is 16.5. The average Bonchev–Trinajstić information content (AvgIpc) is 2.69. The fraction of sp³-hybridized carbons (Fsp3) is 0.846. The van der Waals surface area contributed by atoms with E-state index in [1.165, 1.54) is 19.3 Å². The minimum Gasteiger partial charge on any atom is -0.378 e. The largest absolute Gasteiger partial charge is 0.378 e. The van der Waals surface area contributed by atoms with Crippen molar-refractivity contribution in [2.24, 2.45) is 5.41 Å². The Labute approximate surface area is 93.1 Å².